The summed E-state index contributed by atoms with van der Waals surface area (Å²) in [5, 5.41) is 33.0. The van der Waals surface area contributed by atoms with Crippen molar-refractivity contribution in [2.75, 3.05) is 0 Å². The van der Waals surface area contributed by atoms with Gasteiger partial charge in [0, 0.05) is 0 Å². The van der Waals surface area contributed by atoms with Gasteiger partial charge in [0.2, 0.25) is 0 Å². The average Bonchev–Trinajstić information content (AvgIpc) is 2.37. The number of amidine groups is 1. The van der Waals surface area contributed by atoms with Crippen molar-refractivity contribution in [2.24, 2.45) is 16.8 Å². The minimum atomic E-state index is -0.681. The van der Waals surface area contributed by atoms with E-state index in [0.717, 1.165) is 0 Å². The van der Waals surface area contributed by atoms with Crippen LogP contribution in [0.5, 0.6) is 11.5 Å². The molecule has 0 aliphatic carbocycles. The molecular weight excluding hydrogens is 250 g/mol. The topological polar surface area (TPSA) is 128 Å². The van der Waals surface area contributed by atoms with Crippen LogP contribution in [0.1, 0.15) is 24.2 Å². The first-order chi connectivity index (χ1) is 8.88. The van der Waals surface area contributed by atoms with Crippen molar-refractivity contribution in [1.82, 2.24) is 5.32 Å². The third-order valence-electron chi connectivity index (χ3n) is 2.65. The van der Waals surface area contributed by atoms with E-state index >= 15 is 0 Å². The van der Waals surface area contributed by atoms with Gasteiger partial charge in [-0.25, -0.2) is 0 Å². The fourth-order valence-corrected chi connectivity index (χ4v) is 1.58. The summed E-state index contributed by atoms with van der Waals surface area (Å²) < 4.78 is 0. The van der Waals surface area contributed by atoms with E-state index in [-0.39, 0.29) is 17.3 Å². The Bertz CT molecular complexity index is 500. The summed E-state index contributed by atoms with van der Waals surface area (Å²) >= 11 is 0. The smallest absolute Gasteiger partial charge is 0.255 e. The van der Waals surface area contributed by atoms with Gasteiger partial charge in [0.25, 0.3) is 5.91 Å². The number of hydrogen-bond acceptors (Lipinski definition) is 5. The van der Waals surface area contributed by atoms with E-state index in [2.05, 4.69) is 10.5 Å². The number of benzene rings is 1. The molecule has 1 aromatic carbocycles. The number of carbonyl (C=O) groups is 1. The van der Waals surface area contributed by atoms with Gasteiger partial charge in [-0.2, -0.15) is 0 Å². The maximum absolute atomic E-state index is 12.0. The second-order valence-electron chi connectivity index (χ2n) is 4.39. The second kappa shape index (κ2) is 5.94. The van der Waals surface area contributed by atoms with Crippen molar-refractivity contribution >= 4 is 11.7 Å². The largest absolute Gasteiger partial charge is 0.504 e. The number of nitrogens with two attached hydrogens (primary N) is 1. The van der Waals surface area contributed by atoms with Crippen LogP contribution in [0, 0.1) is 5.92 Å². The highest BCUT2D eigenvalue weighted by molar-refractivity contribution is 6.00. The molecule has 1 rings (SSSR count). The molecule has 1 aromatic rings. The quantitative estimate of drug-likeness (QED) is 0.179. The van der Waals surface area contributed by atoms with Gasteiger partial charge in [-0.15, -0.1) is 0 Å². The van der Waals surface area contributed by atoms with E-state index in [1.165, 1.54) is 18.2 Å². The normalized spacial score (nSPS) is 13.3. The molecule has 7 nitrogen and oxygen atoms in total. The first-order valence-electron chi connectivity index (χ1n) is 5.67. The summed E-state index contributed by atoms with van der Waals surface area (Å²) in [6.45, 7) is 3.57. The lowest BCUT2D eigenvalue weighted by atomic mass is 10.0. The van der Waals surface area contributed by atoms with E-state index in [1.807, 2.05) is 0 Å². The molecule has 0 saturated heterocycles. The number of rotatable bonds is 4. The fraction of sp³-hybridized carbons (Fsp3) is 0.333. The molecule has 0 radical (unpaired) electrons. The lowest BCUT2D eigenvalue weighted by molar-refractivity contribution is 0.0935. The molecule has 0 heterocycles. The van der Waals surface area contributed by atoms with Crippen molar-refractivity contribution in [3.63, 3.8) is 0 Å². The molecule has 7 heteroatoms. The van der Waals surface area contributed by atoms with Crippen LogP contribution in [0.15, 0.2) is 23.4 Å². The Hall–Kier alpha value is -2.44. The molecule has 1 atom stereocenters. The zero-order valence-corrected chi connectivity index (χ0v) is 10.7. The van der Waals surface area contributed by atoms with Crippen LogP contribution in [0.25, 0.3) is 0 Å². The van der Waals surface area contributed by atoms with Crippen molar-refractivity contribution < 1.29 is 20.2 Å². The van der Waals surface area contributed by atoms with Crippen LogP contribution in [0.2, 0.25) is 0 Å². The van der Waals surface area contributed by atoms with Crippen LogP contribution in [-0.4, -0.2) is 33.2 Å². The number of phenols is 2. The standard InChI is InChI=1S/C12H17N3O4/c1-6(2)9(11(13)15-19)14-12(18)7-4-3-5-8(16)10(7)17/h3-6,9,16-17,19H,1-2H3,(H2,13,15)(H,14,18). The van der Waals surface area contributed by atoms with Gasteiger partial charge in [-0.1, -0.05) is 25.1 Å². The minimum absolute atomic E-state index is 0.0867. The molecule has 104 valence electrons. The van der Waals surface area contributed by atoms with Crippen molar-refractivity contribution in [3.8, 4) is 11.5 Å². The van der Waals surface area contributed by atoms with Crippen LogP contribution >= 0.6 is 0 Å². The number of amides is 1. The summed E-state index contributed by atoms with van der Waals surface area (Å²) in [5.74, 6) is -1.78. The van der Waals surface area contributed by atoms with Gasteiger partial charge in [0.05, 0.1) is 11.6 Å². The van der Waals surface area contributed by atoms with Crippen molar-refractivity contribution in [1.29, 1.82) is 0 Å². The third-order valence-corrected chi connectivity index (χ3v) is 2.65. The van der Waals surface area contributed by atoms with Gasteiger partial charge in [0.15, 0.2) is 17.3 Å². The Kier molecular flexibility index (Phi) is 4.57. The number of nitrogens with one attached hydrogen (secondary N) is 1. The lowest BCUT2D eigenvalue weighted by Gasteiger charge is -2.21. The Balaban J connectivity index is 2.98. The van der Waals surface area contributed by atoms with E-state index in [9.17, 15) is 15.0 Å². The average molecular weight is 267 g/mol. The minimum Gasteiger partial charge on any atom is -0.504 e. The second-order valence-corrected chi connectivity index (χ2v) is 4.39. The molecule has 6 N–H and O–H groups in total. The number of phenolic OH excluding ortho intramolecular Hbond substituents is 2. The molecule has 1 amide bonds. The van der Waals surface area contributed by atoms with Crippen LogP contribution in [-0.2, 0) is 0 Å². The molecule has 0 aliphatic rings. The molecule has 0 spiro atoms. The number of para-hydroxylation sites is 1. The van der Waals surface area contributed by atoms with Crippen LogP contribution in [0.3, 0.4) is 0 Å². The van der Waals surface area contributed by atoms with Gasteiger partial charge in [-0.3, -0.25) is 4.79 Å². The molecule has 1 unspecified atom stereocenters. The van der Waals surface area contributed by atoms with Gasteiger partial charge in [0.1, 0.15) is 0 Å². The van der Waals surface area contributed by atoms with Gasteiger partial charge in [-0.05, 0) is 18.1 Å². The fourth-order valence-electron chi connectivity index (χ4n) is 1.58. The Morgan fingerprint density at radius 1 is 1.37 bits per heavy atom. The zero-order chi connectivity index (χ0) is 14.6. The monoisotopic (exact) mass is 267 g/mol. The van der Waals surface area contributed by atoms with E-state index in [4.69, 9.17) is 10.9 Å². The molecule has 0 aromatic heterocycles. The predicted molar refractivity (Wildman–Crippen MR) is 69.3 cm³/mol. The highest BCUT2D eigenvalue weighted by Gasteiger charge is 2.23. The summed E-state index contributed by atoms with van der Waals surface area (Å²) in [6.07, 6.45) is 0. The predicted octanol–water partition coefficient (Wildman–Crippen LogP) is 0.599. The number of hydrogen-bond donors (Lipinski definition) is 5. The van der Waals surface area contributed by atoms with Crippen LogP contribution < -0.4 is 11.1 Å². The molecule has 19 heavy (non-hydrogen) atoms. The Labute approximate surface area is 110 Å². The zero-order valence-electron chi connectivity index (χ0n) is 10.7. The van der Waals surface area contributed by atoms with E-state index < -0.39 is 23.4 Å². The Morgan fingerprint density at radius 2 is 2.00 bits per heavy atom. The van der Waals surface area contributed by atoms with Crippen molar-refractivity contribution in [3.05, 3.63) is 23.8 Å². The summed E-state index contributed by atoms with van der Waals surface area (Å²) in [6, 6.07) is 3.36. The summed E-state index contributed by atoms with van der Waals surface area (Å²) in [5.41, 5.74) is 5.40. The first kappa shape index (κ1) is 14.6. The molecule has 0 bridgehead atoms. The first-order valence-corrected chi connectivity index (χ1v) is 5.67. The van der Waals surface area contributed by atoms with Crippen LogP contribution in [0.4, 0.5) is 0 Å². The highest BCUT2D eigenvalue weighted by Crippen LogP contribution is 2.28. The number of nitrogens with zero attached hydrogens (tertiary/aromatic N) is 1. The maximum Gasteiger partial charge on any atom is 0.255 e. The molecular formula is C12H17N3O4. The third kappa shape index (κ3) is 3.27. The summed E-state index contributed by atoms with van der Waals surface area (Å²) in [4.78, 5) is 12.0. The molecule has 0 fully saturated rings. The number of oxime groups is 1. The number of aromatic hydroxyl groups is 2. The van der Waals surface area contributed by atoms with E-state index in [1.54, 1.807) is 13.8 Å². The SMILES string of the molecule is CC(C)C(NC(=O)c1cccc(O)c1O)/C(N)=N/O. The molecule has 0 aliphatic heterocycles. The Morgan fingerprint density at radius 3 is 2.53 bits per heavy atom. The summed E-state index contributed by atoms with van der Waals surface area (Å²) in [7, 11) is 0. The lowest BCUT2D eigenvalue weighted by Crippen LogP contribution is -2.47. The van der Waals surface area contributed by atoms with Gasteiger partial charge < -0.3 is 26.5 Å². The van der Waals surface area contributed by atoms with Gasteiger partial charge >= 0.3 is 0 Å². The maximum atomic E-state index is 12.0. The number of carbonyl (C=O) groups excluding carboxylic acids is 1. The molecule has 0 saturated carbocycles. The van der Waals surface area contributed by atoms with Crippen molar-refractivity contribution in [2.45, 2.75) is 19.9 Å². The highest BCUT2D eigenvalue weighted by atomic mass is 16.4. The van der Waals surface area contributed by atoms with E-state index in [0.29, 0.717) is 0 Å².